The zero-order chi connectivity index (χ0) is 21.3. The zero-order valence-electron chi connectivity index (χ0n) is 16.7. The Balaban J connectivity index is 1.48. The van der Waals surface area contributed by atoms with Gasteiger partial charge in [-0.3, -0.25) is 19.4 Å². The number of nitrogens with one attached hydrogen (secondary N) is 1. The number of rotatable bonds is 4. The van der Waals surface area contributed by atoms with Crippen LogP contribution in [-0.4, -0.2) is 68.4 Å². The molecule has 0 bridgehead atoms. The Labute approximate surface area is 176 Å². The van der Waals surface area contributed by atoms with Crippen molar-refractivity contribution >= 4 is 33.2 Å². The van der Waals surface area contributed by atoms with Gasteiger partial charge in [0.2, 0.25) is 15.9 Å². The molecule has 2 aliphatic heterocycles. The SMILES string of the molecule is CS(=O)(=O)N1CCN(Cc2cccc(C(=O)N3CC(=O)Nc4ccccc43)c2)CC1. The molecule has 1 saturated heterocycles. The molecular weight excluding hydrogens is 404 g/mol. The molecule has 0 saturated carbocycles. The van der Waals surface area contributed by atoms with E-state index in [9.17, 15) is 18.0 Å². The topological polar surface area (TPSA) is 90.0 Å². The molecular formula is C21H24N4O4S. The van der Waals surface area contributed by atoms with Crippen molar-refractivity contribution in [2.24, 2.45) is 0 Å². The Morgan fingerprint density at radius 1 is 1.03 bits per heavy atom. The molecule has 0 aliphatic carbocycles. The maximum absolute atomic E-state index is 13.2. The molecule has 0 radical (unpaired) electrons. The minimum absolute atomic E-state index is 0.0203. The van der Waals surface area contributed by atoms with E-state index >= 15 is 0 Å². The summed E-state index contributed by atoms with van der Waals surface area (Å²) in [6.07, 6.45) is 1.23. The van der Waals surface area contributed by atoms with Crippen molar-refractivity contribution in [3.8, 4) is 0 Å². The van der Waals surface area contributed by atoms with Crippen LogP contribution in [0.25, 0.3) is 0 Å². The summed E-state index contributed by atoms with van der Waals surface area (Å²) < 4.78 is 24.8. The zero-order valence-corrected chi connectivity index (χ0v) is 17.6. The van der Waals surface area contributed by atoms with Gasteiger partial charge in [-0.15, -0.1) is 0 Å². The van der Waals surface area contributed by atoms with Crippen LogP contribution >= 0.6 is 0 Å². The normalized spacial score (nSPS) is 18.0. The molecule has 158 valence electrons. The maximum atomic E-state index is 13.2. The Morgan fingerprint density at radius 2 is 1.77 bits per heavy atom. The Morgan fingerprint density at radius 3 is 2.50 bits per heavy atom. The number of fused-ring (bicyclic) bond motifs is 1. The Bertz CT molecular complexity index is 1080. The van der Waals surface area contributed by atoms with Gasteiger partial charge < -0.3 is 5.32 Å². The predicted molar refractivity (Wildman–Crippen MR) is 115 cm³/mol. The van der Waals surface area contributed by atoms with Gasteiger partial charge in [0, 0.05) is 38.3 Å². The molecule has 4 rings (SSSR count). The highest BCUT2D eigenvalue weighted by molar-refractivity contribution is 7.88. The second-order valence-corrected chi connectivity index (χ2v) is 9.58. The van der Waals surface area contributed by atoms with Gasteiger partial charge >= 0.3 is 0 Å². The number of carbonyl (C=O) groups is 2. The first kappa shape index (κ1) is 20.5. The van der Waals surface area contributed by atoms with E-state index in [0.717, 1.165) is 5.56 Å². The van der Waals surface area contributed by atoms with E-state index in [1.54, 1.807) is 12.1 Å². The third kappa shape index (κ3) is 4.38. The van der Waals surface area contributed by atoms with Crippen molar-refractivity contribution in [2.75, 3.05) is 49.2 Å². The summed E-state index contributed by atoms with van der Waals surface area (Å²) in [6.45, 7) is 2.84. The summed E-state index contributed by atoms with van der Waals surface area (Å²) in [7, 11) is -3.16. The average molecular weight is 429 g/mol. The molecule has 8 nitrogen and oxygen atoms in total. The third-order valence-electron chi connectivity index (χ3n) is 5.40. The molecule has 9 heteroatoms. The molecule has 2 aromatic rings. The van der Waals surface area contributed by atoms with E-state index in [1.165, 1.54) is 15.5 Å². The molecule has 2 heterocycles. The van der Waals surface area contributed by atoms with Crippen LogP contribution in [-0.2, 0) is 21.4 Å². The first-order valence-corrected chi connectivity index (χ1v) is 11.6. The first-order valence-electron chi connectivity index (χ1n) is 9.78. The number of sulfonamides is 1. The van der Waals surface area contributed by atoms with Crippen LogP contribution in [0.15, 0.2) is 48.5 Å². The number of hydrogen-bond donors (Lipinski definition) is 1. The second-order valence-electron chi connectivity index (χ2n) is 7.60. The van der Waals surface area contributed by atoms with Crippen molar-refractivity contribution in [2.45, 2.75) is 6.54 Å². The fourth-order valence-electron chi connectivity index (χ4n) is 3.85. The van der Waals surface area contributed by atoms with Crippen LogP contribution in [0.3, 0.4) is 0 Å². The first-order chi connectivity index (χ1) is 14.3. The van der Waals surface area contributed by atoms with Crippen LogP contribution in [0.1, 0.15) is 15.9 Å². The molecule has 30 heavy (non-hydrogen) atoms. The third-order valence-corrected chi connectivity index (χ3v) is 6.70. The quantitative estimate of drug-likeness (QED) is 0.794. The van der Waals surface area contributed by atoms with Gasteiger partial charge in [0.15, 0.2) is 0 Å². The lowest BCUT2D eigenvalue weighted by atomic mass is 10.1. The van der Waals surface area contributed by atoms with Crippen LogP contribution < -0.4 is 10.2 Å². The lowest BCUT2D eigenvalue weighted by molar-refractivity contribution is -0.115. The smallest absolute Gasteiger partial charge is 0.258 e. The molecule has 0 atom stereocenters. The fraction of sp³-hybridized carbons (Fsp3) is 0.333. The highest BCUT2D eigenvalue weighted by atomic mass is 32.2. The molecule has 0 aromatic heterocycles. The largest absolute Gasteiger partial charge is 0.323 e. The lowest BCUT2D eigenvalue weighted by Crippen LogP contribution is -2.47. The molecule has 2 amide bonds. The van der Waals surface area contributed by atoms with E-state index in [4.69, 9.17) is 0 Å². The van der Waals surface area contributed by atoms with Gasteiger partial charge in [0.1, 0.15) is 6.54 Å². The van der Waals surface area contributed by atoms with Gasteiger partial charge in [-0.05, 0) is 29.8 Å². The summed E-state index contributed by atoms with van der Waals surface area (Å²) in [4.78, 5) is 28.9. The van der Waals surface area contributed by atoms with Crippen LogP contribution in [0.2, 0.25) is 0 Å². The number of nitrogens with zero attached hydrogens (tertiary/aromatic N) is 3. The van der Waals surface area contributed by atoms with E-state index in [2.05, 4.69) is 10.2 Å². The highest BCUT2D eigenvalue weighted by Gasteiger charge is 2.28. The summed E-state index contributed by atoms with van der Waals surface area (Å²) in [5, 5.41) is 2.79. The Hall–Kier alpha value is -2.75. The Kier molecular flexibility index (Phi) is 5.59. The monoisotopic (exact) mass is 428 g/mol. The summed E-state index contributed by atoms with van der Waals surface area (Å²) in [5.41, 5.74) is 2.81. The van der Waals surface area contributed by atoms with Crippen molar-refractivity contribution in [3.63, 3.8) is 0 Å². The van der Waals surface area contributed by atoms with E-state index in [-0.39, 0.29) is 18.4 Å². The fourth-order valence-corrected chi connectivity index (χ4v) is 4.68. The molecule has 0 spiro atoms. The lowest BCUT2D eigenvalue weighted by Gasteiger charge is -2.33. The highest BCUT2D eigenvalue weighted by Crippen LogP contribution is 2.30. The number of piperazine rings is 1. The second kappa shape index (κ2) is 8.17. The number of anilines is 2. The number of amides is 2. The van der Waals surface area contributed by atoms with Gasteiger partial charge in [-0.2, -0.15) is 4.31 Å². The number of benzene rings is 2. The van der Waals surface area contributed by atoms with Crippen LogP contribution in [0.5, 0.6) is 0 Å². The maximum Gasteiger partial charge on any atom is 0.258 e. The summed E-state index contributed by atoms with van der Waals surface area (Å²) in [5.74, 6) is -0.442. The summed E-state index contributed by atoms with van der Waals surface area (Å²) in [6, 6.07) is 14.6. The average Bonchev–Trinajstić information content (AvgIpc) is 2.72. The number of carbonyl (C=O) groups excluding carboxylic acids is 2. The number of para-hydroxylation sites is 2. The van der Waals surface area contributed by atoms with Crippen molar-refractivity contribution in [1.29, 1.82) is 0 Å². The van der Waals surface area contributed by atoms with E-state index in [0.29, 0.717) is 49.7 Å². The van der Waals surface area contributed by atoms with Gasteiger partial charge in [-0.1, -0.05) is 24.3 Å². The molecule has 2 aliphatic rings. The van der Waals surface area contributed by atoms with Crippen LogP contribution in [0.4, 0.5) is 11.4 Å². The molecule has 1 N–H and O–H groups in total. The standard InChI is InChI=1S/C21H24N4O4S/c1-30(28,29)24-11-9-23(10-12-24)14-16-5-4-6-17(13-16)21(27)25-15-20(26)22-18-7-2-3-8-19(18)25/h2-8,13H,9-12,14-15H2,1H3,(H,22,26). The van der Waals surface area contributed by atoms with Crippen molar-refractivity contribution < 1.29 is 18.0 Å². The summed E-state index contributed by atoms with van der Waals surface area (Å²) >= 11 is 0. The van der Waals surface area contributed by atoms with Crippen molar-refractivity contribution in [3.05, 3.63) is 59.7 Å². The van der Waals surface area contributed by atoms with Gasteiger partial charge in [0.05, 0.1) is 17.6 Å². The number of hydrogen-bond acceptors (Lipinski definition) is 5. The molecule has 1 fully saturated rings. The van der Waals surface area contributed by atoms with Crippen LogP contribution in [0, 0.1) is 0 Å². The predicted octanol–water partition coefficient (Wildman–Crippen LogP) is 1.36. The minimum atomic E-state index is -3.16. The van der Waals surface area contributed by atoms with Gasteiger partial charge in [-0.25, -0.2) is 8.42 Å². The van der Waals surface area contributed by atoms with E-state index in [1.807, 2.05) is 36.4 Å². The van der Waals surface area contributed by atoms with Gasteiger partial charge in [0.25, 0.3) is 5.91 Å². The minimum Gasteiger partial charge on any atom is -0.323 e. The van der Waals surface area contributed by atoms with Crippen molar-refractivity contribution in [1.82, 2.24) is 9.21 Å². The molecule has 2 aromatic carbocycles. The van der Waals surface area contributed by atoms with E-state index < -0.39 is 10.0 Å². The molecule has 0 unspecified atom stereocenters.